The quantitative estimate of drug-likeness (QED) is 0.208. The van der Waals surface area contributed by atoms with E-state index in [0.717, 1.165) is 11.1 Å². The van der Waals surface area contributed by atoms with Crippen molar-refractivity contribution in [2.24, 2.45) is 11.8 Å². The molecule has 0 aromatic heterocycles. The van der Waals surface area contributed by atoms with E-state index < -0.39 is 34.1 Å². The molecule has 0 aliphatic carbocycles. The van der Waals surface area contributed by atoms with Gasteiger partial charge in [-0.15, -0.1) is 0 Å². The highest BCUT2D eigenvalue weighted by atomic mass is 32.2. The summed E-state index contributed by atoms with van der Waals surface area (Å²) in [7, 11) is -2.51. The number of benzene rings is 3. The summed E-state index contributed by atoms with van der Waals surface area (Å²) in [4.78, 5) is 31.3. The highest BCUT2D eigenvalue weighted by molar-refractivity contribution is 7.89. The van der Waals surface area contributed by atoms with Gasteiger partial charge in [-0.05, 0) is 65.8 Å². The number of ether oxygens (including phenoxy) is 1. The number of hydrogen-bond acceptors (Lipinski definition) is 7. The number of aliphatic hydroxyl groups excluding tert-OH is 1. The van der Waals surface area contributed by atoms with Gasteiger partial charge in [0.1, 0.15) is 11.8 Å². The average Bonchev–Trinajstić information content (AvgIpc) is 3.46. The highest BCUT2D eigenvalue weighted by Gasteiger charge is 2.41. The van der Waals surface area contributed by atoms with Gasteiger partial charge in [-0.25, -0.2) is 13.2 Å². The summed E-state index contributed by atoms with van der Waals surface area (Å²) in [6, 6.07) is 22.8. The van der Waals surface area contributed by atoms with E-state index in [1.165, 1.54) is 23.5 Å². The van der Waals surface area contributed by atoms with E-state index in [9.17, 15) is 28.4 Å². The van der Waals surface area contributed by atoms with Crippen LogP contribution in [0.4, 0.5) is 4.79 Å². The molecule has 0 spiro atoms. The number of aliphatic hydroxyl groups is 1. The Kier molecular flexibility index (Phi) is 13.4. The van der Waals surface area contributed by atoms with Crippen LogP contribution in [0, 0.1) is 23.2 Å². The van der Waals surface area contributed by atoms with E-state index in [2.05, 4.69) is 11.4 Å². The van der Waals surface area contributed by atoms with Gasteiger partial charge in [-0.3, -0.25) is 4.79 Å². The van der Waals surface area contributed by atoms with Crippen LogP contribution in [-0.4, -0.2) is 91.0 Å². The number of amides is 3. The summed E-state index contributed by atoms with van der Waals surface area (Å²) in [5.74, 6) is -0.134. The van der Waals surface area contributed by atoms with Crippen LogP contribution < -0.4 is 10.1 Å². The van der Waals surface area contributed by atoms with Crippen molar-refractivity contribution in [3.05, 3.63) is 95.6 Å². The van der Waals surface area contributed by atoms with Gasteiger partial charge in [0.15, 0.2) is 0 Å². The Balaban J connectivity index is 1.59. The van der Waals surface area contributed by atoms with Crippen LogP contribution in [0.3, 0.4) is 0 Å². The first-order valence-corrected chi connectivity index (χ1v) is 18.5. The van der Waals surface area contributed by atoms with Gasteiger partial charge >= 0.3 is 6.03 Å². The standard InChI is InChI=1S/C38H49N5O6S/c1-6-28(4)36(43-20-19-41(38(43)46)25-31-14-10-13-30(21-31)23-39)37(45)40-34(22-29-11-8-7-9-12-29)35(44)26-42(24-27(2)3)50(47,48)33-17-15-32(49-5)16-18-33/h7-18,21,27-28,34-36,44H,6,19-20,22,24-26H2,1-5H3,(H,40,45)/t28?,34-,35+,36?/m0/s1. The number of carbonyl (C=O) groups excluding carboxylic acids is 2. The van der Waals surface area contributed by atoms with Gasteiger partial charge in [0.05, 0.1) is 35.8 Å². The van der Waals surface area contributed by atoms with Crippen molar-refractivity contribution in [3.63, 3.8) is 0 Å². The zero-order chi connectivity index (χ0) is 36.4. The average molecular weight is 704 g/mol. The van der Waals surface area contributed by atoms with Crippen LogP contribution in [0.15, 0.2) is 83.8 Å². The summed E-state index contributed by atoms with van der Waals surface area (Å²) in [5.41, 5.74) is 2.19. The Hall–Kier alpha value is -4.44. The van der Waals surface area contributed by atoms with Crippen LogP contribution in [-0.2, 0) is 27.8 Å². The third kappa shape index (κ3) is 9.62. The fraction of sp³-hybridized carbons (Fsp3) is 0.447. The first-order chi connectivity index (χ1) is 23.9. The van der Waals surface area contributed by atoms with Crippen molar-refractivity contribution >= 4 is 22.0 Å². The Morgan fingerprint density at radius 2 is 1.68 bits per heavy atom. The summed E-state index contributed by atoms with van der Waals surface area (Å²) >= 11 is 0. The summed E-state index contributed by atoms with van der Waals surface area (Å²) in [6.07, 6.45) is -0.407. The Morgan fingerprint density at radius 1 is 1.00 bits per heavy atom. The maximum atomic E-state index is 14.3. The smallest absolute Gasteiger partial charge is 0.321 e. The van der Waals surface area contributed by atoms with Crippen LogP contribution in [0.1, 0.15) is 50.8 Å². The third-order valence-electron chi connectivity index (χ3n) is 9.09. The number of carbonyl (C=O) groups is 2. The lowest BCUT2D eigenvalue weighted by atomic mass is 9.95. The maximum Gasteiger partial charge on any atom is 0.321 e. The number of hydrogen-bond donors (Lipinski definition) is 2. The minimum Gasteiger partial charge on any atom is -0.497 e. The maximum absolute atomic E-state index is 14.3. The molecule has 4 atom stereocenters. The first-order valence-electron chi connectivity index (χ1n) is 17.1. The second-order valence-corrected chi connectivity index (χ2v) is 15.2. The second kappa shape index (κ2) is 17.5. The van der Waals surface area contributed by atoms with E-state index in [4.69, 9.17) is 4.74 Å². The molecule has 3 aromatic rings. The van der Waals surface area contributed by atoms with E-state index in [-0.39, 0.29) is 42.3 Å². The van der Waals surface area contributed by atoms with Crippen molar-refractivity contribution in [3.8, 4) is 11.8 Å². The molecule has 11 nitrogen and oxygen atoms in total. The van der Waals surface area contributed by atoms with E-state index in [0.29, 0.717) is 37.4 Å². The Bertz CT molecular complexity index is 1730. The predicted octanol–water partition coefficient (Wildman–Crippen LogP) is 4.65. The third-order valence-corrected chi connectivity index (χ3v) is 10.9. The molecule has 2 unspecified atom stereocenters. The van der Waals surface area contributed by atoms with Crippen LogP contribution >= 0.6 is 0 Å². The monoisotopic (exact) mass is 703 g/mol. The van der Waals surface area contributed by atoms with Gasteiger partial charge in [0.2, 0.25) is 15.9 Å². The number of methoxy groups -OCH3 is 1. The fourth-order valence-electron chi connectivity index (χ4n) is 6.23. The summed E-state index contributed by atoms with van der Waals surface area (Å²) in [5, 5.41) is 24.1. The number of urea groups is 1. The molecule has 3 amide bonds. The van der Waals surface area contributed by atoms with Gasteiger partial charge in [0, 0.05) is 32.7 Å². The minimum absolute atomic E-state index is 0.0429. The number of rotatable bonds is 17. The van der Waals surface area contributed by atoms with Gasteiger partial charge in [0.25, 0.3) is 0 Å². The molecule has 12 heteroatoms. The molecule has 268 valence electrons. The molecule has 4 rings (SSSR count). The van der Waals surface area contributed by atoms with Crippen molar-refractivity contribution < 1.29 is 27.9 Å². The molecule has 1 saturated heterocycles. The molecule has 0 bridgehead atoms. The largest absolute Gasteiger partial charge is 0.497 e. The lowest BCUT2D eigenvalue weighted by Gasteiger charge is -2.35. The highest BCUT2D eigenvalue weighted by Crippen LogP contribution is 2.25. The topological polar surface area (TPSA) is 143 Å². The van der Waals surface area contributed by atoms with Crippen molar-refractivity contribution in [2.75, 3.05) is 33.3 Å². The molecule has 2 N–H and O–H groups in total. The molecule has 1 fully saturated rings. The first kappa shape index (κ1) is 38.4. The molecule has 0 radical (unpaired) electrons. The van der Waals surface area contributed by atoms with E-state index >= 15 is 0 Å². The number of nitrogens with one attached hydrogen (secondary N) is 1. The lowest BCUT2D eigenvalue weighted by Crippen LogP contribution is -2.57. The molecule has 50 heavy (non-hydrogen) atoms. The number of nitriles is 1. The number of sulfonamides is 1. The SMILES string of the molecule is CCC(C)C(C(=O)N[C@@H](Cc1ccccc1)[C@H](O)CN(CC(C)C)S(=O)(=O)c1ccc(OC)cc1)N1CCN(Cc2cccc(C#N)c2)C1=O. The van der Waals surface area contributed by atoms with Crippen molar-refractivity contribution in [1.29, 1.82) is 5.26 Å². The van der Waals surface area contributed by atoms with E-state index in [1.54, 1.807) is 40.1 Å². The van der Waals surface area contributed by atoms with Gasteiger partial charge < -0.3 is 25.0 Å². The molecule has 1 aliphatic heterocycles. The molecule has 1 aliphatic rings. The lowest BCUT2D eigenvalue weighted by molar-refractivity contribution is -0.128. The second-order valence-electron chi connectivity index (χ2n) is 13.3. The predicted molar refractivity (Wildman–Crippen MR) is 192 cm³/mol. The van der Waals surface area contributed by atoms with Crippen LogP contribution in [0.5, 0.6) is 5.75 Å². The summed E-state index contributed by atoms with van der Waals surface area (Å²) in [6.45, 7) is 8.65. The minimum atomic E-state index is -4.01. The molecule has 3 aromatic carbocycles. The molecular weight excluding hydrogens is 655 g/mol. The van der Waals surface area contributed by atoms with Gasteiger partial charge in [-0.1, -0.05) is 76.6 Å². The fourth-order valence-corrected chi connectivity index (χ4v) is 7.85. The van der Waals surface area contributed by atoms with Crippen molar-refractivity contribution in [2.45, 2.75) is 70.2 Å². The van der Waals surface area contributed by atoms with Crippen molar-refractivity contribution in [1.82, 2.24) is 19.4 Å². The summed E-state index contributed by atoms with van der Waals surface area (Å²) < 4.78 is 34.2. The zero-order valence-corrected chi connectivity index (χ0v) is 30.3. The van der Waals surface area contributed by atoms with Crippen LogP contribution in [0.25, 0.3) is 0 Å². The van der Waals surface area contributed by atoms with Gasteiger partial charge in [-0.2, -0.15) is 9.57 Å². The van der Waals surface area contributed by atoms with E-state index in [1.807, 2.05) is 64.1 Å². The normalized spacial score (nSPS) is 15.9. The molecular formula is C38H49N5O6S. The number of nitrogens with zero attached hydrogens (tertiary/aromatic N) is 4. The Labute approximate surface area is 296 Å². The van der Waals surface area contributed by atoms with Crippen LogP contribution in [0.2, 0.25) is 0 Å². The zero-order valence-electron chi connectivity index (χ0n) is 29.5. The Morgan fingerprint density at radius 3 is 2.30 bits per heavy atom. The molecule has 0 saturated carbocycles. The molecule has 1 heterocycles.